The number of anilines is 1. The van der Waals surface area contributed by atoms with E-state index < -0.39 is 96.0 Å². The first-order chi connectivity index (χ1) is 25.0. The predicted octanol–water partition coefficient (Wildman–Crippen LogP) is -2.23. The van der Waals surface area contributed by atoms with Crippen LogP contribution in [0.25, 0.3) is 22.3 Å². The SMILES string of the molecule is Nc1ccc(Cc2c(O[C@H]3O[C@H](C(=O)O[C@H]4O[C@H](C(=O)O)[C@@H](O)[C@H](O)[C@H]4O)[C@@H](O)[C@H](O)[C@H]3O)cc3oc(-c4ccc(O)c(O)c4)cc(=O)c3c2O)cn1. The van der Waals surface area contributed by atoms with Gasteiger partial charge in [-0.3, -0.25) is 4.79 Å². The van der Waals surface area contributed by atoms with E-state index in [1.807, 2.05) is 0 Å². The fourth-order valence-electron chi connectivity index (χ4n) is 5.76. The van der Waals surface area contributed by atoms with Gasteiger partial charge in [0.2, 0.25) is 12.6 Å². The smallest absolute Gasteiger partial charge is 0.340 e. The number of carboxylic acids is 1. The zero-order valence-electron chi connectivity index (χ0n) is 26.9. The van der Waals surface area contributed by atoms with Crippen LogP contribution in [0.2, 0.25) is 0 Å². The van der Waals surface area contributed by atoms with Crippen LogP contribution in [0, 0.1) is 0 Å². The van der Waals surface area contributed by atoms with Crippen LogP contribution in [0.1, 0.15) is 11.1 Å². The van der Waals surface area contributed by atoms with Gasteiger partial charge >= 0.3 is 11.9 Å². The molecule has 53 heavy (non-hydrogen) atoms. The van der Waals surface area contributed by atoms with Gasteiger partial charge in [-0.2, -0.15) is 0 Å². The zero-order chi connectivity index (χ0) is 38.5. The van der Waals surface area contributed by atoms with Gasteiger partial charge in [-0.1, -0.05) is 6.07 Å². The molecule has 12 N–H and O–H groups in total. The van der Waals surface area contributed by atoms with Crippen molar-refractivity contribution >= 4 is 28.7 Å². The fraction of sp³-hybridized carbons (Fsp3) is 0.333. The Morgan fingerprint density at radius 2 is 1.45 bits per heavy atom. The molecule has 6 rings (SSSR count). The minimum atomic E-state index is -2.23. The number of pyridine rings is 1. The van der Waals surface area contributed by atoms with Crippen molar-refractivity contribution in [2.75, 3.05) is 5.73 Å². The van der Waals surface area contributed by atoms with Gasteiger partial charge in [-0.25, -0.2) is 14.6 Å². The number of nitrogens with two attached hydrogens (primary N) is 1. The second-order valence-electron chi connectivity index (χ2n) is 12.2. The number of carbonyl (C=O) groups is 2. The van der Waals surface area contributed by atoms with E-state index in [4.69, 9.17) is 29.1 Å². The number of phenols is 3. The van der Waals surface area contributed by atoms with Crippen LogP contribution >= 0.6 is 0 Å². The molecule has 282 valence electrons. The fourth-order valence-corrected chi connectivity index (χ4v) is 5.76. The summed E-state index contributed by atoms with van der Waals surface area (Å²) in [5, 5.41) is 103. The van der Waals surface area contributed by atoms with Crippen molar-refractivity contribution in [3.63, 3.8) is 0 Å². The van der Waals surface area contributed by atoms with Crippen molar-refractivity contribution in [3.8, 4) is 34.3 Å². The molecule has 0 unspecified atom stereocenters. The molecular weight excluding hydrogens is 712 g/mol. The molecule has 20 nitrogen and oxygen atoms in total. The molecule has 2 aliphatic heterocycles. The summed E-state index contributed by atoms with van der Waals surface area (Å²) in [5.74, 6) is -5.33. The van der Waals surface area contributed by atoms with Gasteiger partial charge in [0, 0.05) is 35.9 Å². The molecule has 2 fully saturated rings. The van der Waals surface area contributed by atoms with Gasteiger partial charge in [-0.15, -0.1) is 0 Å². The average Bonchev–Trinajstić information content (AvgIpc) is 3.11. The second-order valence-corrected chi connectivity index (χ2v) is 12.2. The average molecular weight is 745 g/mol. The minimum absolute atomic E-state index is 0.118. The number of hydrogen-bond donors (Lipinski definition) is 11. The Hall–Kier alpha value is -5.58. The number of aliphatic carboxylic acids is 1. The maximum absolute atomic E-state index is 13.4. The number of aromatic hydroxyl groups is 3. The number of aromatic nitrogens is 1. The molecule has 2 saturated heterocycles. The summed E-state index contributed by atoms with van der Waals surface area (Å²) in [4.78, 5) is 42.0. The van der Waals surface area contributed by atoms with E-state index in [2.05, 4.69) is 4.98 Å². The zero-order valence-corrected chi connectivity index (χ0v) is 26.9. The summed E-state index contributed by atoms with van der Waals surface area (Å²) in [6, 6.07) is 8.73. The van der Waals surface area contributed by atoms with Crippen molar-refractivity contribution in [1.82, 2.24) is 4.98 Å². The lowest BCUT2D eigenvalue weighted by Gasteiger charge is -2.41. The van der Waals surface area contributed by atoms with Gasteiger partial charge in [0.25, 0.3) is 0 Å². The lowest BCUT2D eigenvalue weighted by Crippen LogP contribution is -2.63. The molecule has 0 spiro atoms. The molecule has 0 amide bonds. The third-order valence-electron chi connectivity index (χ3n) is 8.64. The van der Waals surface area contributed by atoms with E-state index in [0.29, 0.717) is 5.56 Å². The number of esters is 1. The molecule has 20 heteroatoms. The Kier molecular flexibility index (Phi) is 10.1. The Bertz CT molecular complexity index is 2090. The number of carbonyl (C=O) groups excluding carboxylic acids is 1. The number of benzene rings is 2. The summed E-state index contributed by atoms with van der Waals surface area (Å²) in [6.45, 7) is 0. The van der Waals surface area contributed by atoms with Gasteiger partial charge in [0.15, 0.2) is 29.1 Å². The first kappa shape index (κ1) is 37.2. The second kappa shape index (κ2) is 14.4. The molecule has 0 bridgehead atoms. The number of aliphatic hydroxyl groups excluding tert-OH is 6. The number of hydrogen-bond acceptors (Lipinski definition) is 19. The maximum Gasteiger partial charge on any atom is 0.340 e. The van der Waals surface area contributed by atoms with Crippen molar-refractivity contribution < 1.29 is 84.0 Å². The van der Waals surface area contributed by atoms with Crippen molar-refractivity contribution in [1.29, 1.82) is 0 Å². The highest BCUT2D eigenvalue weighted by molar-refractivity contribution is 5.88. The topological polar surface area (TPSA) is 342 Å². The molecule has 0 radical (unpaired) electrons. The Morgan fingerprint density at radius 3 is 2.09 bits per heavy atom. The van der Waals surface area contributed by atoms with Crippen LogP contribution in [0.3, 0.4) is 0 Å². The normalized spacial score (nSPS) is 28.7. The Morgan fingerprint density at radius 1 is 0.792 bits per heavy atom. The highest BCUT2D eigenvalue weighted by atomic mass is 16.7. The number of phenolic OH excluding ortho intramolecular Hbond substituents is 3. The first-order valence-electron chi connectivity index (χ1n) is 15.6. The number of fused-ring (bicyclic) bond motifs is 1. The van der Waals surface area contributed by atoms with E-state index in [0.717, 1.165) is 24.3 Å². The molecule has 4 heterocycles. The first-order valence-corrected chi connectivity index (χ1v) is 15.6. The molecule has 10 atom stereocenters. The van der Waals surface area contributed by atoms with Crippen LogP contribution in [-0.4, -0.2) is 129 Å². The number of aliphatic hydroxyl groups is 6. The third-order valence-corrected chi connectivity index (χ3v) is 8.64. The van der Waals surface area contributed by atoms with E-state index >= 15 is 0 Å². The van der Waals surface area contributed by atoms with Gasteiger partial charge in [0.05, 0.1) is 0 Å². The number of nitrogen functional groups attached to an aromatic ring is 1. The van der Waals surface area contributed by atoms with E-state index in [-0.39, 0.29) is 45.8 Å². The standard InChI is InChI=1S/C33H32N2O18/c34-19-4-1-10(9-35-19)5-12-17(8-18-20(21(12)39)15(38)7-16(49-18)11-2-3-13(36)14(37)6-11)50-32-26(44)23(41)25(43)29(52-32)31(48)53-33-27(45)22(40)24(42)28(51-33)30(46)47/h1-4,6-9,22-29,32-33,36-37,39-45H,5H2,(H2,34,35)(H,46,47)/t22-,23-,24-,25-,26+,27+,28-,29-,32-,33+/m0/s1. The molecule has 2 aromatic heterocycles. The van der Waals surface area contributed by atoms with Crippen molar-refractivity contribution in [2.24, 2.45) is 0 Å². The number of nitrogens with zero attached hydrogens (tertiary/aromatic N) is 1. The van der Waals surface area contributed by atoms with Crippen molar-refractivity contribution in [2.45, 2.75) is 67.8 Å². The number of carboxylic acid groups (broad SMARTS) is 1. The van der Waals surface area contributed by atoms with Crippen LogP contribution < -0.4 is 15.9 Å². The van der Waals surface area contributed by atoms with E-state index in [1.165, 1.54) is 18.3 Å². The quantitative estimate of drug-likeness (QED) is 0.0671. The summed E-state index contributed by atoms with van der Waals surface area (Å²) < 4.78 is 27.1. The van der Waals surface area contributed by atoms with Gasteiger partial charge in [0.1, 0.15) is 70.7 Å². The molecular formula is C33H32N2O18. The van der Waals surface area contributed by atoms with E-state index in [1.54, 1.807) is 6.07 Å². The molecule has 4 aromatic rings. The van der Waals surface area contributed by atoms with Crippen LogP contribution in [0.5, 0.6) is 23.0 Å². The Labute approximate surface area is 295 Å². The molecule has 0 aliphatic carbocycles. The summed E-state index contributed by atoms with van der Waals surface area (Å²) in [5.41, 5.74) is 5.09. The third kappa shape index (κ3) is 7.12. The lowest BCUT2D eigenvalue weighted by atomic mass is 9.97. The monoisotopic (exact) mass is 744 g/mol. The summed E-state index contributed by atoms with van der Waals surface area (Å²) in [7, 11) is 0. The largest absolute Gasteiger partial charge is 0.507 e. The van der Waals surface area contributed by atoms with Crippen molar-refractivity contribution in [3.05, 3.63) is 70.0 Å². The summed E-state index contributed by atoms with van der Waals surface area (Å²) >= 11 is 0. The van der Waals surface area contributed by atoms with Gasteiger partial charge in [-0.05, 0) is 29.8 Å². The van der Waals surface area contributed by atoms with E-state index in [9.17, 15) is 65.4 Å². The molecule has 2 aromatic carbocycles. The van der Waals surface area contributed by atoms with Crippen LogP contribution in [0.15, 0.2) is 57.9 Å². The van der Waals surface area contributed by atoms with Crippen LogP contribution in [0.4, 0.5) is 5.82 Å². The predicted molar refractivity (Wildman–Crippen MR) is 172 cm³/mol. The maximum atomic E-state index is 13.4. The summed E-state index contributed by atoms with van der Waals surface area (Å²) in [6.07, 6.45) is -20.5. The van der Waals surface area contributed by atoms with Crippen LogP contribution in [-0.2, 0) is 30.2 Å². The van der Waals surface area contributed by atoms with Gasteiger partial charge < -0.3 is 80.2 Å². The highest BCUT2D eigenvalue weighted by Gasteiger charge is 2.52. The molecule has 2 aliphatic rings. The Balaban J connectivity index is 1.36. The minimum Gasteiger partial charge on any atom is -0.507 e. The lowest BCUT2D eigenvalue weighted by molar-refractivity contribution is -0.302. The molecule has 0 saturated carbocycles. The highest BCUT2D eigenvalue weighted by Crippen LogP contribution is 2.40. The number of ether oxygens (including phenoxy) is 4. The number of rotatable bonds is 8.